The molecule has 1 aliphatic rings. The van der Waals surface area contributed by atoms with Gasteiger partial charge < -0.3 is 14.6 Å². The van der Waals surface area contributed by atoms with Gasteiger partial charge in [0.2, 0.25) is 0 Å². The van der Waals surface area contributed by atoms with Gasteiger partial charge in [-0.05, 0) is 24.7 Å². The fourth-order valence-corrected chi connectivity index (χ4v) is 2.13. The molecule has 1 heterocycles. The Hall–Kier alpha value is -0.120. The molecule has 14 heavy (non-hydrogen) atoms. The highest BCUT2D eigenvalue weighted by molar-refractivity contribution is 4.80. The minimum atomic E-state index is -0.344. The van der Waals surface area contributed by atoms with E-state index in [0.29, 0.717) is 11.8 Å². The number of rotatable bonds is 4. The third-order valence-electron chi connectivity index (χ3n) is 3.01. The first-order chi connectivity index (χ1) is 6.66. The van der Waals surface area contributed by atoms with Crippen LogP contribution in [0.1, 0.15) is 26.7 Å². The number of methoxy groups -OCH3 is 1. The van der Waals surface area contributed by atoms with E-state index >= 15 is 0 Å². The average Bonchev–Trinajstić information content (AvgIpc) is 2.19. The summed E-state index contributed by atoms with van der Waals surface area (Å²) in [6, 6.07) is 0. The topological polar surface area (TPSA) is 38.7 Å². The highest BCUT2D eigenvalue weighted by atomic mass is 16.5. The lowest BCUT2D eigenvalue weighted by Crippen LogP contribution is -2.40. The molecule has 0 spiro atoms. The van der Waals surface area contributed by atoms with Crippen molar-refractivity contribution in [2.24, 2.45) is 11.8 Å². The van der Waals surface area contributed by atoms with E-state index < -0.39 is 0 Å². The van der Waals surface area contributed by atoms with Crippen molar-refractivity contribution in [3.63, 3.8) is 0 Å². The first-order valence-electron chi connectivity index (χ1n) is 5.45. The molecule has 0 aromatic heterocycles. The molecule has 1 N–H and O–H groups in total. The summed E-state index contributed by atoms with van der Waals surface area (Å²) in [6.45, 7) is 5.71. The molecule has 0 aromatic rings. The Bertz CT molecular complexity index is 153. The summed E-state index contributed by atoms with van der Waals surface area (Å²) in [7, 11) is 1.67. The third-order valence-corrected chi connectivity index (χ3v) is 3.01. The fourth-order valence-electron chi connectivity index (χ4n) is 2.13. The van der Waals surface area contributed by atoms with Crippen LogP contribution in [0.15, 0.2) is 0 Å². The molecule has 1 fully saturated rings. The molecule has 1 rings (SSSR count). The van der Waals surface area contributed by atoms with Gasteiger partial charge in [-0.15, -0.1) is 0 Å². The zero-order chi connectivity index (χ0) is 10.6. The van der Waals surface area contributed by atoms with Crippen molar-refractivity contribution in [1.82, 2.24) is 0 Å². The normalized spacial score (nSPS) is 23.8. The van der Waals surface area contributed by atoms with Gasteiger partial charge in [-0.3, -0.25) is 0 Å². The van der Waals surface area contributed by atoms with Gasteiger partial charge in [-0.25, -0.2) is 0 Å². The average molecular weight is 202 g/mol. The van der Waals surface area contributed by atoms with E-state index in [2.05, 4.69) is 13.8 Å². The Morgan fingerprint density at radius 1 is 1.29 bits per heavy atom. The Kier molecular flexibility index (Phi) is 4.85. The summed E-state index contributed by atoms with van der Waals surface area (Å²) in [5, 5.41) is 10.1. The maximum atomic E-state index is 10.1. The van der Waals surface area contributed by atoms with Gasteiger partial charge in [0.1, 0.15) is 0 Å². The second-order valence-corrected chi connectivity index (χ2v) is 4.38. The van der Waals surface area contributed by atoms with Gasteiger partial charge in [0.25, 0.3) is 0 Å². The predicted molar refractivity (Wildman–Crippen MR) is 55.2 cm³/mol. The van der Waals surface area contributed by atoms with Crippen molar-refractivity contribution in [3.8, 4) is 0 Å². The van der Waals surface area contributed by atoms with Gasteiger partial charge in [-0.1, -0.05) is 13.8 Å². The molecule has 3 heteroatoms. The minimum absolute atomic E-state index is 0.0434. The Labute approximate surface area is 86.4 Å². The van der Waals surface area contributed by atoms with Crippen LogP contribution < -0.4 is 0 Å². The minimum Gasteiger partial charge on any atom is -0.390 e. The van der Waals surface area contributed by atoms with Crippen molar-refractivity contribution in [2.45, 2.75) is 38.9 Å². The maximum absolute atomic E-state index is 10.1. The number of ether oxygens (including phenoxy) is 2. The van der Waals surface area contributed by atoms with E-state index in [4.69, 9.17) is 9.47 Å². The van der Waals surface area contributed by atoms with Gasteiger partial charge in [-0.2, -0.15) is 0 Å². The zero-order valence-corrected chi connectivity index (χ0v) is 9.40. The van der Waals surface area contributed by atoms with Crippen LogP contribution in [0.5, 0.6) is 0 Å². The van der Waals surface area contributed by atoms with Crippen LogP contribution in [0.4, 0.5) is 0 Å². The summed E-state index contributed by atoms with van der Waals surface area (Å²) in [6.07, 6.45) is 1.52. The largest absolute Gasteiger partial charge is 0.390 e. The monoisotopic (exact) mass is 202 g/mol. The van der Waals surface area contributed by atoms with Crippen LogP contribution in [0.2, 0.25) is 0 Å². The highest BCUT2D eigenvalue weighted by Crippen LogP contribution is 2.24. The Balaban J connectivity index is 2.47. The molecule has 2 atom stereocenters. The van der Waals surface area contributed by atoms with Crippen LogP contribution in [-0.2, 0) is 9.47 Å². The molecule has 2 unspecified atom stereocenters. The summed E-state index contributed by atoms with van der Waals surface area (Å²) < 4.78 is 10.6. The lowest BCUT2D eigenvalue weighted by atomic mass is 9.86. The smallest absolute Gasteiger partial charge is 0.0855 e. The van der Waals surface area contributed by atoms with Crippen LogP contribution in [-0.4, -0.2) is 37.6 Å². The predicted octanol–water partition coefficient (Wildman–Crippen LogP) is 1.44. The zero-order valence-electron chi connectivity index (χ0n) is 9.40. The summed E-state index contributed by atoms with van der Waals surface area (Å²) in [5.74, 6) is 0.703. The number of hydrogen-bond acceptors (Lipinski definition) is 3. The maximum Gasteiger partial charge on any atom is 0.0855 e. The SMILES string of the molecule is COC(C(C)C)C(O)C1CCOCC1. The number of aliphatic hydroxyl groups excluding tert-OH is 1. The molecule has 0 radical (unpaired) electrons. The summed E-state index contributed by atoms with van der Waals surface area (Å²) >= 11 is 0. The molecular weight excluding hydrogens is 180 g/mol. The van der Waals surface area contributed by atoms with Gasteiger partial charge in [0, 0.05) is 20.3 Å². The Morgan fingerprint density at radius 3 is 2.29 bits per heavy atom. The van der Waals surface area contributed by atoms with Crippen LogP contribution in [0.3, 0.4) is 0 Å². The number of hydrogen-bond donors (Lipinski definition) is 1. The lowest BCUT2D eigenvalue weighted by molar-refractivity contribution is -0.0854. The van der Waals surface area contributed by atoms with E-state index in [1.807, 2.05) is 0 Å². The van der Waals surface area contributed by atoms with Gasteiger partial charge in [0.15, 0.2) is 0 Å². The first kappa shape index (κ1) is 12.0. The van der Waals surface area contributed by atoms with E-state index in [1.54, 1.807) is 7.11 Å². The highest BCUT2D eigenvalue weighted by Gasteiger charge is 2.30. The molecule has 0 aromatic carbocycles. The molecule has 1 saturated heterocycles. The van der Waals surface area contributed by atoms with Crippen molar-refractivity contribution in [2.75, 3.05) is 20.3 Å². The van der Waals surface area contributed by atoms with Gasteiger partial charge >= 0.3 is 0 Å². The van der Waals surface area contributed by atoms with Crippen LogP contribution in [0, 0.1) is 11.8 Å². The quantitative estimate of drug-likeness (QED) is 0.750. The molecule has 0 bridgehead atoms. The fraction of sp³-hybridized carbons (Fsp3) is 1.00. The second-order valence-electron chi connectivity index (χ2n) is 4.38. The number of aliphatic hydroxyl groups is 1. The van der Waals surface area contributed by atoms with Crippen LogP contribution in [0.25, 0.3) is 0 Å². The van der Waals surface area contributed by atoms with Crippen molar-refractivity contribution < 1.29 is 14.6 Å². The molecule has 0 amide bonds. The Morgan fingerprint density at radius 2 is 1.86 bits per heavy atom. The third kappa shape index (κ3) is 2.94. The molecule has 0 aliphatic carbocycles. The van der Waals surface area contributed by atoms with E-state index in [0.717, 1.165) is 26.1 Å². The van der Waals surface area contributed by atoms with E-state index in [9.17, 15) is 5.11 Å². The summed E-state index contributed by atoms with van der Waals surface area (Å²) in [5.41, 5.74) is 0. The first-order valence-corrected chi connectivity index (χ1v) is 5.45. The van der Waals surface area contributed by atoms with E-state index in [-0.39, 0.29) is 12.2 Å². The standard InChI is InChI=1S/C11H22O3/c1-8(2)11(13-3)10(12)9-4-6-14-7-5-9/h8-12H,4-7H2,1-3H3. The second kappa shape index (κ2) is 5.69. The molecular formula is C11H22O3. The lowest BCUT2D eigenvalue weighted by Gasteiger charge is -2.33. The van der Waals surface area contributed by atoms with Crippen LogP contribution >= 0.6 is 0 Å². The van der Waals surface area contributed by atoms with Crippen molar-refractivity contribution >= 4 is 0 Å². The summed E-state index contributed by atoms with van der Waals surface area (Å²) in [4.78, 5) is 0. The molecule has 3 nitrogen and oxygen atoms in total. The van der Waals surface area contributed by atoms with Gasteiger partial charge in [0.05, 0.1) is 12.2 Å². The van der Waals surface area contributed by atoms with Crippen molar-refractivity contribution in [3.05, 3.63) is 0 Å². The molecule has 0 saturated carbocycles. The molecule has 1 aliphatic heterocycles. The van der Waals surface area contributed by atoms with Crippen molar-refractivity contribution in [1.29, 1.82) is 0 Å². The van der Waals surface area contributed by atoms with E-state index in [1.165, 1.54) is 0 Å². The molecule has 84 valence electrons.